The van der Waals surface area contributed by atoms with Crippen LogP contribution in [0.3, 0.4) is 0 Å². The van der Waals surface area contributed by atoms with Gasteiger partial charge in [-0.2, -0.15) is 0 Å². The van der Waals surface area contributed by atoms with Crippen LogP contribution in [0.15, 0.2) is 18.3 Å². The van der Waals surface area contributed by atoms with Crippen molar-refractivity contribution in [3.05, 3.63) is 29.8 Å². The van der Waals surface area contributed by atoms with E-state index < -0.39 is 11.4 Å². The van der Waals surface area contributed by atoms with Gasteiger partial charge in [0.05, 0.1) is 39.0 Å². The number of hydrogen-bond donors (Lipinski definition) is 0. The largest absolute Gasteiger partial charge is 0.377 e. The van der Waals surface area contributed by atoms with E-state index in [4.69, 9.17) is 9.47 Å². The van der Waals surface area contributed by atoms with Gasteiger partial charge >= 0.3 is 0 Å². The molecule has 2 saturated heterocycles. The molecule has 2 aliphatic rings. The van der Waals surface area contributed by atoms with E-state index in [1.54, 1.807) is 6.07 Å². The molecule has 2 unspecified atom stereocenters. The Morgan fingerprint density at radius 1 is 1.48 bits per heavy atom. The molecule has 0 radical (unpaired) electrons. The Morgan fingerprint density at radius 2 is 2.30 bits per heavy atom. The molecule has 3 heterocycles. The topological polar surface area (TPSA) is 54.9 Å². The third-order valence-corrected chi connectivity index (χ3v) is 5.54. The first-order chi connectivity index (χ1) is 12.9. The predicted octanol–water partition coefficient (Wildman–Crippen LogP) is 1.74. The Kier molecular flexibility index (Phi) is 6.44. The molecule has 2 fully saturated rings. The van der Waals surface area contributed by atoms with Crippen LogP contribution in [0.2, 0.25) is 0 Å². The summed E-state index contributed by atoms with van der Waals surface area (Å²) in [7, 11) is 2.13. The molecule has 0 saturated carbocycles. The lowest BCUT2D eigenvalue weighted by atomic mass is 9.93. The highest BCUT2D eigenvalue weighted by Crippen LogP contribution is 2.33. The average Bonchev–Trinajstić information content (AvgIpc) is 2.89. The van der Waals surface area contributed by atoms with Crippen LogP contribution >= 0.6 is 0 Å². The molecule has 2 aliphatic heterocycles. The summed E-state index contributed by atoms with van der Waals surface area (Å²) >= 11 is 0. The third kappa shape index (κ3) is 5.24. The highest BCUT2D eigenvalue weighted by Gasteiger charge is 2.44. The van der Waals surface area contributed by atoms with Gasteiger partial charge in [-0.3, -0.25) is 9.78 Å². The number of carbonyl (C=O) groups excluding carboxylic acids is 1. The van der Waals surface area contributed by atoms with Gasteiger partial charge in [0.15, 0.2) is 0 Å². The van der Waals surface area contributed by atoms with Crippen molar-refractivity contribution < 1.29 is 18.7 Å². The zero-order valence-electron chi connectivity index (χ0n) is 16.5. The van der Waals surface area contributed by atoms with Gasteiger partial charge in [-0.25, -0.2) is 4.39 Å². The Hall–Kier alpha value is -1.57. The van der Waals surface area contributed by atoms with Crippen molar-refractivity contribution in [3.63, 3.8) is 0 Å². The van der Waals surface area contributed by atoms with E-state index in [-0.39, 0.29) is 12.3 Å². The SMILES string of the molecule is CC(C)N(C)CC1COC2(COCCN(C(=O)Cc3ccc(F)cn3)C2)C1. The second-order valence-corrected chi connectivity index (χ2v) is 8.11. The first-order valence-electron chi connectivity index (χ1n) is 9.67. The van der Waals surface area contributed by atoms with E-state index in [1.165, 1.54) is 6.07 Å². The average molecular weight is 379 g/mol. The molecule has 0 bridgehead atoms. The maximum absolute atomic E-state index is 13.0. The summed E-state index contributed by atoms with van der Waals surface area (Å²) in [5.41, 5.74) is 0.148. The van der Waals surface area contributed by atoms with E-state index in [0.29, 0.717) is 50.6 Å². The first kappa shape index (κ1) is 20.2. The van der Waals surface area contributed by atoms with E-state index in [0.717, 1.165) is 19.2 Å². The molecule has 1 aromatic heterocycles. The van der Waals surface area contributed by atoms with Gasteiger partial charge in [-0.05, 0) is 45.4 Å². The normalized spacial score (nSPS) is 26.1. The molecule has 0 aromatic carbocycles. The van der Waals surface area contributed by atoms with E-state index in [9.17, 15) is 9.18 Å². The summed E-state index contributed by atoms with van der Waals surface area (Å²) in [4.78, 5) is 20.9. The third-order valence-electron chi connectivity index (χ3n) is 5.54. The van der Waals surface area contributed by atoms with Crippen LogP contribution in [0.5, 0.6) is 0 Å². The van der Waals surface area contributed by atoms with Crippen LogP contribution in [-0.4, -0.2) is 78.8 Å². The van der Waals surface area contributed by atoms with Crippen LogP contribution < -0.4 is 0 Å². The van der Waals surface area contributed by atoms with Crippen LogP contribution in [0.1, 0.15) is 26.0 Å². The van der Waals surface area contributed by atoms with Crippen molar-refractivity contribution in [1.82, 2.24) is 14.8 Å². The zero-order chi connectivity index (χ0) is 19.4. The minimum Gasteiger partial charge on any atom is -0.377 e. The summed E-state index contributed by atoms with van der Waals surface area (Å²) in [5, 5.41) is 0. The number of aromatic nitrogens is 1. The Balaban J connectivity index is 1.61. The van der Waals surface area contributed by atoms with E-state index in [2.05, 4.69) is 30.8 Å². The van der Waals surface area contributed by atoms with E-state index >= 15 is 0 Å². The van der Waals surface area contributed by atoms with Crippen molar-refractivity contribution >= 4 is 5.91 Å². The second-order valence-electron chi connectivity index (χ2n) is 8.11. The highest BCUT2D eigenvalue weighted by molar-refractivity contribution is 5.78. The fourth-order valence-electron chi connectivity index (χ4n) is 3.78. The van der Waals surface area contributed by atoms with Crippen molar-refractivity contribution in [1.29, 1.82) is 0 Å². The Labute approximate surface area is 160 Å². The standard InChI is InChI=1S/C20H30FN3O3/c1-15(2)23(3)11-16-9-20(27-12-16)13-24(6-7-26-14-20)19(25)8-18-5-4-17(21)10-22-18/h4-5,10,15-16H,6-9,11-14H2,1-3H3. The van der Waals surface area contributed by atoms with Crippen LogP contribution in [0, 0.1) is 11.7 Å². The van der Waals surface area contributed by atoms with Gasteiger partial charge in [-0.1, -0.05) is 0 Å². The van der Waals surface area contributed by atoms with Crippen molar-refractivity contribution in [2.45, 2.75) is 38.3 Å². The number of amides is 1. The summed E-state index contributed by atoms with van der Waals surface area (Å²) in [6.45, 7) is 8.15. The molecule has 3 rings (SSSR count). The fraction of sp³-hybridized carbons (Fsp3) is 0.700. The minimum absolute atomic E-state index is 0.0228. The number of nitrogens with zero attached hydrogens (tertiary/aromatic N) is 3. The number of carbonyl (C=O) groups is 1. The molecule has 1 spiro atoms. The fourth-order valence-corrected chi connectivity index (χ4v) is 3.78. The molecule has 2 atom stereocenters. The molecule has 150 valence electrons. The molecule has 6 nitrogen and oxygen atoms in total. The maximum atomic E-state index is 13.0. The zero-order valence-corrected chi connectivity index (χ0v) is 16.5. The van der Waals surface area contributed by atoms with Crippen molar-refractivity contribution in [2.75, 3.05) is 46.5 Å². The molecule has 27 heavy (non-hydrogen) atoms. The minimum atomic E-state index is -0.426. The molecule has 7 heteroatoms. The summed E-state index contributed by atoms with van der Waals surface area (Å²) in [6.07, 6.45) is 2.20. The monoisotopic (exact) mass is 379 g/mol. The van der Waals surface area contributed by atoms with Gasteiger partial charge < -0.3 is 19.3 Å². The molecule has 1 aromatic rings. The maximum Gasteiger partial charge on any atom is 0.228 e. The van der Waals surface area contributed by atoms with E-state index in [1.807, 2.05) is 4.90 Å². The highest BCUT2D eigenvalue weighted by atomic mass is 19.1. The summed E-state index contributed by atoms with van der Waals surface area (Å²) in [5.74, 6) is 0.0187. The quantitative estimate of drug-likeness (QED) is 0.780. The number of pyridine rings is 1. The second kappa shape index (κ2) is 8.63. The number of hydrogen-bond acceptors (Lipinski definition) is 5. The summed E-state index contributed by atoms with van der Waals surface area (Å²) in [6, 6.07) is 3.38. The lowest BCUT2D eigenvalue weighted by Gasteiger charge is -2.31. The first-order valence-corrected chi connectivity index (χ1v) is 9.67. The Bertz CT molecular complexity index is 640. The summed E-state index contributed by atoms with van der Waals surface area (Å²) < 4.78 is 25.0. The van der Waals surface area contributed by atoms with Gasteiger partial charge in [-0.15, -0.1) is 0 Å². The molecular weight excluding hydrogens is 349 g/mol. The van der Waals surface area contributed by atoms with Gasteiger partial charge in [0, 0.05) is 24.8 Å². The van der Waals surface area contributed by atoms with Crippen molar-refractivity contribution in [2.24, 2.45) is 5.92 Å². The molecular formula is C20H30FN3O3. The van der Waals surface area contributed by atoms with Gasteiger partial charge in [0.2, 0.25) is 5.91 Å². The smallest absolute Gasteiger partial charge is 0.228 e. The number of ether oxygens (including phenoxy) is 2. The van der Waals surface area contributed by atoms with Crippen LogP contribution in [0.25, 0.3) is 0 Å². The van der Waals surface area contributed by atoms with Gasteiger partial charge in [0.25, 0.3) is 0 Å². The number of halogens is 1. The number of rotatable bonds is 5. The van der Waals surface area contributed by atoms with Gasteiger partial charge in [0.1, 0.15) is 11.4 Å². The molecule has 0 aliphatic carbocycles. The predicted molar refractivity (Wildman–Crippen MR) is 99.9 cm³/mol. The lowest BCUT2D eigenvalue weighted by Crippen LogP contribution is -2.47. The lowest BCUT2D eigenvalue weighted by molar-refractivity contribution is -0.133. The molecule has 1 amide bonds. The molecule has 0 N–H and O–H groups in total. The van der Waals surface area contributed by atoms with Crippen LogP contribution in [-0.2, 0) is 20.7 Å². The van der Waals surface area contributed by atoms with Crippen molar-refractivity contribution in [3.8, 4) is 0 Å². The van der Waals surface area contributed by atoms with Crippen LogP contribution in [0.4, 0.5) is 4.39 Å². The Morgan fingerprint density at radius 3 is 3.00 bits per heavy atom.